The highest BCUT2D eigenvalue weighted by molar-refractivity contribution is 7.97. The summed E-state index contributed by atoms with van der Waals surface area (Å²) >= 11 is 1.75. The van der Waals surface area contributed by atoms with Crippen LogP contribution >= 0.6 is 11.8 Å². The van der Waals surface area contributed by atoms with Gasteiger partial charge in [-0.3, -0.25) is 0 Å². The molecule has 2 aromatic rings. The number of hydrogen-bond donors (Lipinski definition) is 0. The fourth-order valence-electron chi connectivity index (χ4n) is 1.75. The van der Waals surface area contributed by atoms with Gasteiger partial charge in [-0.1, -0.05) is 35.9 Å². The first-order valence-electron chi connectivity index (χ1n) is 5.77. The van der Waals surface area contributed by atoms with Crippen LogP contribution in [0.25, 0.3) is 0 Å². The maximum absolute atomic E-state index is 12.6. The molecule has 0 bridgehead atoms. The SMILES string of the molecule is CSCc1ccccc1[S@@](=O)c1ccc(C)cc1. The Morgan fingerprint density at radius 3 is 2.39 bits per heavy atom. The summed E-state index contributed by atoms with van der Waals surface area (Å²) in [5, 5.41) is 0. The van der Waals surface area contributed by atoms with Crippen molar-refractivity contribution in [1.29, 1.82) is 0 Å². The Bertz CT molecular complexity index is 547. The smallest absolute Gasteiger partial charge is 0.0852 e. The van der Waals surface area contributed by atoms with Gasteiger partial charge in [0.1, 0.15) is 0 Å². The normalized spacial score (nSPS) is 12.3. The van der Waals surface area contributed by atoms with Crippen molar-refractivity contribution < 1.29 is 4.21 Å². The third-order valence-electron chi connectivity index (χ3n) is 2.71. The third kappa shape index (κ3) is 3.03. The lowest BCUT2D eigenvalue weighted by atomic mass is 10.2. The molecule has 0 aliphatic heterocycles. The van der Waals surface area contributed by atoms with Crippen molar-refractivity contribution in [2.45, 2.75) is 22.5 Å². The third-order valence-corrected chi connectivity index (χ3v) is 4.80. The molecule has 2 aromatic carbocycles. The van der Waals surface area contributed by atoms with E-state index < -0.39 is 10.8 Å². The van der Waals surface area contributed by atoms with Gasteiger partial charge >= 0.3 is 0 Å². The largest absolute Gasteiger partial charge is 0.249 e. The summed E-state index contributed by atoms with van der Waals surface area (Å²) in [6.07, 6.45) is 2.06. The molecule has 2 rings (SSSR count). The van der Waals surface area contributed by atoms with E-state index in [1.807, 2.05) is 49.4 Å². The Kier molecular flexibility index (Phi) is 4.61. The molecule has 1 nitrogen and oxygen atoms in total. The van der Waals surface area contributed by atoms with Gasteiger partial charge in [-0.2, -0.15) is 11.8 Å². The van der Waals surface area contributed by atoms with Crippen molar-refractivity contribution in [1.82, 2.24) is 0 Å². The molecule has 94 valence electrons. The van der Waals surface area contributed by atoms with Gasteiger partial charge in [-0.15, -0.1) is 0 Å². The lowest BCUT2D eigenvalue weighted by Crippen LogP contribution is -1.97. The van der Waals surface area contributed by atoms with Gasteiger partial charge in [-0.25, -0.2) is 4.21 Å². The van der Waals surface area contributed by atoms with E-state index in [0.29, 0.717) is 0 Å². The Hall–Kier alpha value is -1.06. The van der Waals surface area contributed by atoms with E-state index in [1.165, 1.54) is 5.56 Å². The molecule has 0 heterocycles. The Labute approximate surface area is 115 Å². The van der Waals surface area contributed by atoms with E-state index in [-0.39, 0.29) is 0 Å². The second kappa shape index (κ2) is 6.21. The highest BCUT2D eigenvalue weighted by atomic mass is 32.2. The van der Waals surface area contributed by atoms with Gasteiger partial charge in [0.2, 0.25) is 0 Å². The maximum Gasteiger partial charge on any atom is 0.0852 e. The monoisotopic (exact) mass is 276 g/mol. The summed E-state index contributed by atoms with van der Waals surface area (Å²) in [7, 11) is -1.08. The van der Waals surface area contributed by atoms with Crippen molar-refractivity contribution in [3.05, 3.63) is 59.7 Å². The summed E-state index contributed by atoms with van der Waals surface area (Å²) in [5.41, 5.74) is 2.34. The van der Waals surface area contributed by atoms with Crippen molar-refractivity contribution in [2.75, 3.05) is 6.26 Å². The lowest BCUT2D eigenvalue weighted by Gasteiger charge is -2.08. The van der Waals surface area contributed by atoms with E-state index in [9.17, 15) is 4.21 Å². The average molecular weight is 276 g/mol. The standard InChI is InChI=1S/C15H16OS2/c1-12-7-9-14(10-8-12)18(16)15-6-4-3-5-13(15)11-17-2/h3-10H,11H2,1-2H3/t18-/m0/s1. The quantitative estimate of drug-likeness (QED) is 0.839. The van der Waals surface area contributed by atoms with Crippen LogP contribution in [0.5, 0.6) is 0 Å². The Balaban J connectivity index is 2.36. The highest BCUT2D eigenvalue weighted by Crippen LogP contribution is 2.23. The molecule has 0 saturated heterocycles. The number of rotatable bonds is 4. The first kappa shape index (κ1) is 13.4. The van der Waals surface area contributed by atoms with Crippen LogP contribution in [0.3, 0.4) is 0 Å². The second-order valence-corrected chi connectivity index (χ2v) is 6.44. The number of hydrogen-bond acceptors (Lipinski definition) is 2. The minimum absolute atomic E-state index is 0.870. The highest BCUT2D eigenvalue weighted by Gasteiger charge is 2.10. The first-order chi connectivity index (χ1) is 8.72. The Morgan fingerprint density at radius 2 is 1.72 bits per heavy atom. The lowest BCUT2D eigenvalue weighted by molar-refractivity contribution is 0.682. The predicted octanol–water partition coefficient (Wildman–Crippen LogP) is 4.02. The maximum atomic E-state index is 12.6. The molecule has 18 heavy (non-hydrogen) atoms. The van der Waals surface area contributed by atoms with Crippen LogP contribution in [0.2, 0.25) is 0 Å². The molecule has 0 aromatic heterocycles. The zero-order valence-corrected chi connectivity index (χ0v) is 12.2. The molecule has 0 unspecified atom stereocenters. The van der Waals surface area contributed by atoms with Crippen molar-refractivity contribution in [3.8, 4) is 0 Å². The molecule has 0 N–H and O–H groups in total. The van der Waals surface area contributed by atoms with E-state index >= 15 is 0 Å². The number of benzene rings is 2. The van der Waals surface area contributed by atoms with E-state index in [2.05, 4.69) is 12.3 Å². The van der Waals surface area contributed by atoms with E-state index in [0.717, 1.165) is 21.1 Å². The molecular formula is C15H16OS2. The molecule has 0 aliphatic rings. The van der Waals surface area contributed by atoms with Crippen molar-refractivity contribution in [2.24, 2.45) is 0 Å². The van der Waals surface area contributed by atoms with Gasteiger partial charge in [0.15, 0.2) is 0 Å². The minimum Gasteiger partial charge on any atom is -0.249 e. The van der Waals surface area contributed by atoms with Gasteiger partial charge in [-0.05, 0) is 36.9 Å². The molecule has 1 atom stereocenters. The first-order valence-corrected chi connectivity index (χ1v) is 8.32. The van der Waals surface area contributed by atoms with Crippen LogP contribution in [0.4, 0.5) is 0 Å². The molecule has 0 radical (unpaired) electrons. The molecule has 0 fully saturated rings. The molecule has 0 saturated carbocycles. The van der Waals surface area contributed by atoms with E-state index in [4.69, 9.17) is 0 Å². The van der Waals surface area contributed by atoms with Crippen LogP contribution in [0, 0.1) is 6.92 Å². The fraction of sp³-hybridized carbons (Fsp3) is 0.200. The molecular weight excluding hydrogens is 260 g/mol. The number of thioether (sulfide) groups is 1. The Morgan fingerprint density at radius 1 is 1.06 bits per heavy atom. The van der Waals surface area contributed by atoms with Gasteiger partial charge < -0.3 is 0 Å². The molecule has 0 amide bonds. The summed E-state index contributed by atoms with van der Waals surface area (Å²) in [5.74, 6) is 0.897. The number of aryl methyl sites for hydroxylation is 1. The van der Waals surface area contributed by atoms with Crippen LogP contribution in [0.15, 0.2) is 58.3 Å². The van der Waals surface area contributed by atoms with Crippen molar-refractivity contribution >= 4 is 22.6 Å². The minimum atomic E-state index is -1.08. The molecule has 3 heteroatoms. The van der Waals surface area contributed by atoms with Crippen molar-refractivity contribution in [3.63, 3.8) is 0 Å². The van der Waals surface area contributed by atoms with Crippen LogP contribution < -0.4 is 0 Å². The van der Waals surface area contributed by atoms with Crippen LogP contribution in [-0.4, -0.2) is 10.5 Å². The zero-order valence-electron chi connectivity index (χ0n) is 10.6. The topological polar surface area (TPSA) is 17.1 Å². The predicted molar refractivity (Wildman–Crippen MR) is 79.5 cm³/mol. The van der Waals surface area contributed by atoms with Gasteiger partial charge in [0.05, 0.1) is 10.8 Å². The fourth-order valence-corrected chi connectivity index (χ4v) is 3.62. The van der Waals surface area contributed by atoms with Gasteiger partial charge in [0.25, 0.3) is 0 Å². The van der Waals surface area contributed by atoms with E-state index in [1.54, 1.807) is 11.8 Å². The van der Waals surface area contributed by atoms with Gasteiger partial charge in [0, 0.05) is 15.5 Å². The molecule has 0 aliphatic carbocycles. The zero-order chi connectivity index (χ0) is 13.0. The summed E-state index contributed by atoms with van der Waals surface area (Å²) in [4.78, 5) is 1.80. The summed E-state index contributed by atoms with van der Waals surface area (Å²) in [6.45, 7) is 2.04. The van der Waals surface area contributed by atoms with Crippen LogP contribution in [-0.2, 0) is 16.6 Å². The average Bonchev–Trinajstić information content (AvgIpc) is 2.40. The summed E-state index contributed by atoms with van der Waals surface area (Å²) < 4.78 is 12.6. The summed E-state index contributed by atoms with van der Waals surface area (Å²) in [6, 6.07) is 15.9. The van der Waals surface area contributed by atoms with Crippen LogP contribution in [0.1, 0.15) is 11.1 Å². The molecule has 0 spiro atoms. The second-order valence-electron chi connectivity index (χ2n) is 4.12.